The van der Waals surface area contributed by atoms with E-state index in [4.69, 9.17) is 5.11 Å². The number of carboxylic acids is 1. The van der Waals surface area contributed by atoms with Crippen LogP contribution in [-0.2, 0) is 4.79 Å². The molecule has 1 aromatic rings. The molecule has 0 aliphatic carbocycles. The lowest BCUT2D eigenvalue weighted by atomic mass is 10.2. The summed E-state index contributed by atoms with van der Waals surface area (Å²) in [6, 6.07) is 5.56. The Morgan fingerprint density at radius 3 is 2.71 bits per heavy atom. The number of benzene rings is 1. The number of rotatable bonds is 2. The van der Waals surface area contributed by atoms with E-state index in [9.17, 15) is 18.0 Å². The average molecular weight is 260 g/mol. The number of hydrogen-bond acceptors (Lipinski definition) is 2. The summed E-state index contributed by atoms with van der Waals surface area (Å²) in [5, 5.41) is 8.34. The molecule has 0 bridgehead atoms. The minimum absolute atomic E-state index is 0.0274. The second-order valence-electron chi connectivity index (χ2n) is 2.95. The van der Waals surface area contributed by atoms with Crippen LogP contribution in [0.2, 0.25) is 0 Å². The summed E-state index contributed by atoms with van der Waals surface area (Å²) in [5.74, 6) is 3.77. The van der Waals surface area contributed by atoms with Crippen LogP contribution >= 0.6 is 11.8 Å². The molecule has 0 unspecified atom stereocenters. The fourth-order valence-electron chi connectivity index (χ4n) is 0.993. The second-order valence-corrected chi connectivity index (χ2v) is 4.09. The fourth-order valence-corrected chi connectivity index (χ4v) is 1.59. The average Bonchev–Trinajstić information content (AvgIpc) is 2.14. The molecule has 17 heavy (non-hydrogen) atoms. The Morgan fingerprint density at radius 2 is 2.12 bits per heavy atom. The molecule has 0 aliphatic rings. The topological polar surface area (TPSA) is 37.3 Å². The molecule has 0 saturated carbocycles. The molecule has 0 aromatic heterocycles. The smallest absolute Gasteiger partial charge is 0.446 e. The third kappa shape index (κ3) is 5.88. The van der Waals surface area contributed by atoms with Crippen LogP contribution in [0.4, 0.5) is 13.2 Å². The summed E-state index contributed by atoms with van der Waals surface area (Å²) < 4.78 is 36.2. The lowest BCUT2D eigenvalue weighted by molar-refractivity contribution is -0.135. The van der Waals surface area contributed by atoms with Crippen molar-refractivity contribution in [2.45, 2.75) is 16.8 Å². The summed E-state index contributed by atoms with van der Waals surface area (Å²) in [4.78, 5) is 10.2. The van der Waals surface area contributed by atoms with Gasteiger partial charge < -0.3 is 5.11 Å². The van der Waals surface area contributed by atoms with Crippen molar-refractivity contribution in [3.05, 3.63) is 29.8 Å². The van der Waals surface area contributed by atoms with Crippen molar-refractivity contribution in [2.24, 2.45) is 0 Å². The first-order valence-electron chi connectivity index (χ1n) is 4.43. The first-order valence-corrected chi connectivity index (χ1v) is 5.25. The Morgan fingerprint density at radius 1 is 1.41 bits per heavy atom. The third-order valence-electron chi connectivity index (χ3n) is 1.54. The maximum atomic E-state index is 12.1. The van der Waals surface area contributed by atoms with E-state index in [0.717, 1.165) is 0 Å². The highest BCUT2D eigenvalue weighted by Gasteiger charge is 2.29. The molecular formula is C11H7F3O2S. The van der Waals surface area contributed by atoms with Crippen LogP contribution < -0.4 is 0 Å². The van der Waals surface area contributed by atoms with Crippen LogP contribution in [0, 0.1) is 11.8 Å². The van der Waals surface area contributed by atoms with E-state index in [1.165, 1.54) is 24.3 Å². The highest BCUT2D eigenvalue weighted by Crippen LogP contribution is 2.36. The third-order valence-corrected chi connectivity index (χ3v) is 2.26. The van der Waals surface area contributed by atoms with E-state index in [0.29, 0.717) is 5.56 Å². The van der Waals surface area contributed by atoms with Crippen LogP contribution in [0.25, 0.3) is 0 Å². The van der Waals surface area contributed by atoms with Gasteiger partial charge in [0.2, 0.25) is 0 Å². The first kappa shape index (κ1) is 13.5. The highest BCUT2D eigenvalue weighted by atomic mass is 32.2. The molecule has 6 heteroatoms. The zero-order valence-electron chi connectivity index (χ0n) is 8.41. The quantitative estimate of drug-likeness (QED) is 0.655. The Kier molecular flexibility index (Phi) is 4.46. The molecule has 0 amide bonds. The molecule has 2 nitrogen and oxygen atoms in total. The fraction of sp³-hybridized carbons (Fsp3) is 0.182. The number of aliphatic carboxylic acids is 1. The van der Waals surface area contributed by atoms with Crippen molar-refractivity contribution in [1.82, 2.24) is 0 Å². The Labute approximate surface area is 99.8 Å². The van der Waals surface area contributed by atoms with Gasteiger partial charge in [0.05, 0.1) is 0 Å². The molecular weight excluding hydrogens is 253 g/mol. The molecule has 1 N–H and O–H groups in total. The number of carboxylic acid groups (broad SMARTS) is 1. The van der Waals surface area contributed by atoms with Crippen LogP contribution in [0.1, 0.15) is 12.0 Å². The summed E-state index contributed by atoms with van der Waals surface area (Å²) in [6.45, 7) is 0. The van der Waals surface area contributed by atoms with Gasteiger partial charge in [0.15, 0.2) is 0 Å². The van der Waals surface area contributed by atoms with Gasteiger partial charge in [-0.05, 0) is 30.0 Å². The van der Waals surface area contributed by atoms with E-state index in [2.05, 4.69) is 11.8 Å². The Hall–Kier alpha value is -1.61. The molecule has 1 aromatic carbocycles. The SMILES string of the molecule is O=C(O)CC#Cc1cccc(SC(F)(F)F)c1. The van der Waals surface area contributed by atoms with Crippen LogP contribution in [0.15, 0.2) is 29.2 Å². The predicted octanol–water partition coefficient (Wildman–Crippen LogP) is 3.12. The minimum atomic E-state index is -4.34. The van der Waals surface area contributed by atoms with E-state index in [-0.39, 0.29) is 23.1 Å². The van der Waals surface area contributed by atoms with Crippen molar-refractivity contribution in [1.29, 1.82) is 0 Å². The van der Waals surface area contributed by atoms with Crippen molar-refractivity contribution in [3.63, 3.8) is 0 Å². The molecule has 0 saturated heterocycles. The van der Waals surface area contributed by atoms with Gasteiger partial charge in [-0.25, -0.2) is 0 Å². The van der Waals surface area contributed by atoms with Crippen molar-refractivity contribution >= 4 is 17.7 Å². The van der Waals surface area contributed by atoms with Crippen LogP contribution in [0.3, 0.4) is 0 Å². The molecule has 0 atom stereocenters. The second kappa shape index (κ2) is 5.64. The molecule has 1 rings (SSSR count). The lowest BCUT2D eigenvalue weighted by Crippen LogP contribution is -1.98. The maximum Gasteiger partial charge on any atom is 0.446 e. The van der Waals surface area contributed by atoms with Gasteiger partial charge in [-0.15, -0.1) is 0 Å². The largest absolute Gasteiger partial charge is 0.481 e. The standard InChI is InChI=1S/C11H7F3O2S/c12-11(13,14)17-9-5-1-3-8(7-9)4-2-6-10(15)16/h1,3,5,7H,6H2,(H,15,16). The van der Waals surface area contributed by atoms with Crippen molar-refractivity contribution < 1.29 is 23.1 Å². The molecule has 0 aliphatic heterocycles. The lowest BCUT2D eigenvalue weighted by Gasteiger charge is -2.04. The van der Waals surface area contributed by atoms with Crippen LogP contribution in [-0.4, -0.2) is 16.6 Å². The number of hydrogen-bond donors (Lipinski definition) is 1. The van der Waals surface area contributed by atoms with Crippen molar-refractivity contribution in [2.75, 3.05) is 0 Å². The Bertz CT molecular complexity index is 472. The van der Waals surface area contributed by atoms with Crippen molar-refractivity contribution in [3.8, 4) is 11.8 Å². The maximum absolute atomic E-state index is 12.1. The van der Waals surface area contributed by atoms with E-state index in [1.54, 1.807) is 0 Å². The normalized spacial score (nSPS) is 10.5. The molecule has 0 radical (unpaired) electrons. The molecule has 90 valence electrons. The van der Waals surface area contributed by atoms with Gasteiger partial charge in [-0.3, -0.25) is 4.79 Å². The summed E-state index contributed by atoms with van der Waals surface area (Å²) >= 11 is -0.229. The van der Waals surface area contributed by atoms with Gasteiger partial charge in [0.1, 0.15) is 6.42 Å². The zero-order valence-corrected chi connectivity index (χ0v) is 9.23. The van der Waals surface area contributed by atoms with E-state index in [1.807, 2.05) is 0 Å². The zero-order chi connectivity index (χ0) is 12.9. The summed E-state index contributed by atoms with van der Waals surface area (Å²) in [6.07, 6.45) is -0.337. The number of halogens is 3. The first-order chi connectivity index (χ1) is 7.87. The highest BCUT2D eigenvalue weighted by molar-refractivity contribution is 8.00. The van der Waals surface area contributed by atoms with Gasteiger partial charge in [0, 0.05) is 10.5 Å². The summed E-state index contributed by atoms with van der Waals surface area (Å²) in [7, 11) is 0. The van der Waals surface area contributed by atoms with Gasteiger partial charge in [0.25, 0.3) is 0 Å². The Balaban J connectivity index is 2.78. The van der Waals surface area contributed by atoms with Gasteiger partial charge in [-0.1, -0.05) is 17.9 Å². The monoisotopic (exact) mass is 260 g/mol. The molecule has 0 heterocycles. The number of alkyl halides is 3. The minimum Gasteiger partial charge on any atom is -0.481 e. The summed E-state index contributed by atoms with van der Waals surface area (Å²) in [5.41, 5.74) is -3.98. The molecule has 0 fully saturated rings. The number of carbonyl (C=O) groups is 1. The van der Waals surface area contributed by atoms with Crippen LogP contribution in [0.5, 0.6) is 0 Å². The number of thioether (sulfide) groups is 1. The van der Waals surface area contributed by atoms with Gasteiger partial charge >= 0.3 is 11.5 Å². The molecule has 0 spiro atoms. The van der Waals surface area contributed by atoms with Gasteiger partial charge in [-0.2, -0.15) is 13.2 Å². The van der Waals surface area contributed by atoms with E-state index >= 15 is 0 Å². The van der Waals surface area contributed by atoms with E-state index < -0.39 is 11.5 Å². The predicted molar refractivity (Wildman–Crippen MR) is 57.5 cm³/mol.